The fraction of sp³-hybridized carbons (Fsp3) is 0.273. The van der Waals surface area contributed by atoms with Gasteiger partial charge in [-0.2, -0.15) is 0 Å². The summed E-state index contributed by atoms with van der Waals surface area (Å²) in [6, 6.07) is 15.3. The number of rotatable bonds is 4. The van der Waals surface area contributed by atoms with Gasteiger partial charge in [0.2, 0.25) is 11.8 Å². The maximum atomic E-state index is 12.5. The summed E-state index contributed by atoms with van der Waals surface area (Å²) in [6.45, 7) is 3.12. The summed E-state index contributed by atoms with van der Waals surface area (Å²) >= 11 is 6.19. The monoisotopic (exact) mass is 382 g/mol. The lowest BCUT2D eigenvalue weighted by atomic mass is 9.95. The number of likely N-dealkylation sites (tertiary alicyclic amines) is 1. The average Bonchev–Trinajstić information content (AvgIpc) is 2.69. The lowest BCUT2D eigenvalue weighted by Crippen LogP contribution is -2.40. The van der Waals surface area contributed by atoms with E-state index in [4.69, 9.17) is 11.6 Å². The minimum Gasteiger partial charge on any atom is -0.339 e. The molecular weight excluding hydrogens is 360 g/mol. The molecule has 1 aliphatic rings. The van der Waals surface area contributed by atoms with Crippen molar-refractivity contribution in [2.24, 2.45) is 5.92 Å². The third-order valence-electron chi connectivity index (χ3n) is 4.78. The summed E-state index contributed by atoms with van der Waals surface area (Å²) in [5.41, 5.74) is 2.68. The van der Waals surface area contributed by atoms with E-state index >= 15 is 0 Å². The molecule has 1 heterocycles. The number of carbonyl (C=O) groups is 2. The molecule has 2 aromatic carbocycles. The molecule has 0 atom stereocenters. The Balaban J connectivity index is 1.51. The van der Waals surface area contributed by atoms with Crippen LogP contribution >= 0.6 is 11.6 Å². The first-order valence-electron chi connectivity index (χ1n) is 9.12. The molecule has 0 saturated carbocycles. The first-order chi connectivity index (χ1) is 13.0. The van der Waals surface area contributed by atoms with Crippen LogP contribution in [0.5, 0.6) is 0 Å². The molecule has 0 aliphatic carbocycles. The van der Waals surface area contributed by atoms with E-state index in [1.165, 1.54) is 0 Å². The number of amides is 2. The molecule has 1 saturated heterocycles. The van der Waals surface area contributed by atoms with Crippen LogP contribution in [0.2, 0.25) is 5.02 Å². The maximum absolute atomic E-state index is 12.5. The Hall–Kier alpha value is -2.59. The van der Waals surface area contributed by atoms with E-state index in [1.54, 1.807) is 11.0 Å². The Bertz CT molecular complexity index is 841. The Labute approximate surface area is 164 Å². The number of nitrogens with one attached hydrogen (secondary N) is 1. The van der Waals surface area contributed by atoms with Crippen LogP contribution in [0.25, 0.3) is 6.08 Å². The van der Waals surface area contributed by atoms with Crippen LogP contribution in [-0.4, -0.2) is 29.8 Å². The van der Waals surface area contributed by atoms with Crippen molar-refractivity contribution < 1.29 is 9.59 Å². The molecule has 0 unspecified atom stereocenters. The van der Waals surface area contributed by atoms with E-state index in [0.717, 1.165) is 11.1 Å². The van der Waals surface area contributed by atoms with Gasteiger partial charge in [-0.3, -0.25) is 9.59 Å². The molecule has 3 rings (SSSR count). The fourth-order valence-corrected chi connectivity index (χ4v) is 3.44. The molecule has 2 aromatic rings. The zero-order valence-corrected chi connectivity index (χ0v) is 16.1. The molecule has 27 heavy (non-hydrogen) atoms. The van der Waals surface area contributed by atoms with Crippen molar-refractivity contribution in [2.45, 2.75) is 19.8 Å². The van der Waals surface area contributed by atoms with Crippen molar-refractivity contribution in [1.29, 1.82) is 0 Å². The van der Waals surface area contributed by atoms with Gasteiger partial charge in [0.25, 0.3) is 0 Å². The van der Waals surface area contributed by atoms with Crippen LogP contribution in [0, 0.1) is 12.8 Å². The van der Waals surface area contributed by atoms with Crippen molar-refractivity contribution in [3.8, 4) is 0 Å². The van der Waals surface area contributed by atoms with Gasteiger partial charge in [0.15, 0.2) is 0 Å². The summed E-state index contributed by atoms with van der Waals surface area (Å²) < 4.78 is 0. The highest BCUT2D eigenvalue weighted by Gasteiger charge is 2.26. The predicted molar refractivity (Wildman–Crippen MR) is 110 cm³/mol. The number of hydrogen-bond acceptors (Lipinski definition) is 2. The molecule has 2 amide bonds. The lowest BCUT2D eigenvalue weighted by Gasteiger charge is -2.30. The average molecular weight is 383 g/mol. The zero-order valence-electron chi connectivity index (χ0n) is 15.3. The molecule has 4 nitrogen and oxygen atoms in total. The van der Waals surface area contributed by atoms with Gasteiger partial charge in [-0.25, -0.2) is 0 Å². The smallest absolute Gasteiger partial charge is 0.246 e. The number of carbonyl (C=O) groups excluding carboxylic acids is 2. The largest absolute Gasteiger partial charge is 0.339 e. The Morgan fingerprint density at radius 3 is 2.48 bits per heavy atom. The van der Waals surface area contributed by atoms with Crippen molar-refractivity contribution in [2.75, 3.05) is 18.4 Å². The number of nitrogens with zero attached hydrogens (tertiary/aromatic N) is 1. The van der Waals surface area contributed by atoms with Gasteiger partial charge in [0, 0.05) is 25.1 Å². The van der Waals surface area contributed by atoms with Gasteiger partial charge >= 0.3 is 0 Å². The van der Waals surface area contributed by atoms with E-state index in [1.807, 2.05) is 61.5 Å². The zero-order chi connectivity index (χ0) is 19.2. The molecule has 1 N–H and O–H groups in total. The van der Waals surface area contributed by atoms with Crippen molar-refractivity contribution in [1.82, 2.24) is 4.90 Å². The summed E-state index contributed by atoms with van der Waals surface area (Å²) in [5, 5.41) is 3.45. The summed E-state index contributed by atoms with van der Waals surface area (Å²) in [6.07, 6.45) is 4.72. The minimum absolute atomic E-state index is 0.0145. The van der Waals surface area contributed by atoms with E-state index in [9.17, 15) is 9.59 Å². The molecule has 0 aromatic heterocycles. The Kier molecular flexibility index (Phi) is 6.30. The first-order valence-corrected chi connectivity index (χ1v) is 9.50. The second kappa shape index (κ2) is 8.87. The van der Waals surface area contributed by atoms with Crippen LogP contribution < -0.4 is 5.32 Å². The Morgan fingerprint density at radius 1 is 1.11 bits per heavy atom. The van der Waals surface area contributed by atoms with Crippen molar-refractivity contribution in [3.63, 3.8) is 0 Å². The summed E-state index contributed by atoms with van der Waals surface area (Å²) in [4.78, 5) is 26.6. The molecular formula is C22H23ClN2O2. The van der Waals surface area contributed by atoms with E-state index < -0.39 is 0 Å². The number of halogens is 1. The molecule has 1 aliphatic heterocycles. The molecule has 0 radical (unpaired) electrons. The molecule has 1 fully saturated rings. The van der Waals surface area contributed by atoms with Gasteiger partial charge in [0.05, 0.1) is 10.7 Å². The number of anilines is 1. The van der Waals surface area contributed by atoms with Crippen LogP contribution in [0.1, 0.15) is 24.0 Å². The second-order valence-electron chi connectivity index (χ2n) is 6.82. The van der Waals surface area contributed by atoms with Crippen LogP contribution in [0.15, 0.2) is 54.6 Å². The predicted octanol–water partition coefficient (Wildman–Crippen LogP) is 4.54. The topological polar surface area (TPSA) is 49.4 Å². The molecule has 0 spiro atoms. The second-order valence-corrected chi connectivity index (χ2v) is 7.22. The number of hydrogen-bond donors (Lipinski definition) is 1. The number of benzene rings is 2. The minimum atomic E-state index is -0.107. The third kappa shape index (κ3) is 5.20. The number of aryl methyl sites for hydroxylation is 1. The van der Waals surface area contributed by atoms with E-state index in [-0.39, 0.29) is 17.7 Å². The quantitative estimate of drug-likeness (QED) is 0.789. The highest BCUT2D eigenvalue weighted by molar-refractivity contribution is 6.33. The van der Waals surface area contributed by atoms with Crippen LogP contribution in [-0.2, 0) is 9.59 Å². The van der Waals surface area contributed by atoms with E-state index in [0.29, 0.717) is 36.6 Å². The number of piperidine rings is 1. The molecule has 5 heteroatoms. The van der Waals surface area contributed by atoms with Crippen LogP contribution in [0.3, 0.4) is 0 Å². The highest BCUT2D eigenvalue weighted by atomic mass is 35.5. The van der Waals surface area contributed by atoms with Crippen LogP contribution in [0.4, 0.5) is 5.69 Å². The SMILES string of the molecule is Cc1ccc(NC(=O)C2CCN(C(=O)/C=C/c3ccccc3)CC2)c(Cl)c1. The van der Waals surface area contributed by atoms with Gasteiger partial charge in [-0.1, -0.05) is 48.0 Å². The van der Waals surface area contributed by atoms with Gasteiger partial charge in [-0.05, 0) is 49.1 Å². The van der Waals surface area contributed by atoms with Gasteiger partial charge < -0.3 is 10.2 Å². The van der Waals surface area contributed by atoms with Gasteiger partial charge in [-0.15, -0.1) is 0 Å². The van der Waals surface area contributed by atoms with Crippen molar-refractivity contribution >= 4 is 35.2 Å². The summed E-state index contributed by atoms with van der Waals surface area (Å²) in [5.74, 6) is -0.156. The molecule has 0 bridgehead atoms. The molecule has 140 valence electrons. The van der Waals surface area contributed by atoms with E-state index in [2.05, 4.69) is 5.32 Å². The van der Waals surface area contributed by atoms with Gasteiger partial charge in [0.1, 0.15) is 0 Å². The first kappa shape index (κ1) is 19.2. The summed E-state index contributed by atoms with van der Waals surface area (Å²) in [7, 11) is 0. The standard InChI is InChI=1S/C22H23ClN2O2/c1-16-7-9-20(19(23)15-16)24-22(27)18-11-13-25(14-12-18)21(26)10-8-17-5-3-2-4-6-17/h2-10,15,18H,11-14H2,1H3,(H,24,27)/b10-8+. The normalized spacial score (nSPS) is 15.1. The maximum Gasteiger partial charge on any atom is 0.246 e. The lowest BCUT2D eigenvalue weighted by molar-refractivity contribution is -0.130. The highest BCUT2D eigenvalue weighted by Crippen LogP contribution is 2.25. The third-order valence-corrected chi connectivity index (χ3v) is 5.09. The van der Waals surface area contributed by atoms with Crippen molar-refractivity contribution in [3.05, 3.63) is 70.8 Å². The fourth-order valence-electron chi connectivity index (χ4n) is 3.16. The Morgan fingerprint density at radius 2 is 1.81 bits per heavy atom.